The Morgan fingerprint density at radius 3 is 2.78 bits per heavy atom. The molecule has 0 amide bonds. The van der Waals surface area contributed by atoms with Crippen LogP contribution in [0.5, 0.6) is 5.75 Å². The van der Waals surface area contributed by atoms with Gasteiger partial charge in [-0.3, -0.25) is 4.79 Å². The summed E-state index contributed by atoms with van der Waals surface area (Å²) < 4.78 is 5.16. The fourth-order valence-corrected chi connectivity index (χ4v) is 2.45. The summed E-state index contributed by atoms with van der Waals surface area (Å²) in [6.07, 6.45) is 2.56. The molecule has 1 aromatic rings. The Morgan fingerprint density at radius 2 is 2.22 bits per heavy atom. The van der Waals surface area contributed by atoms with Crippen molar-refractivity contribution >= 4 is 5.82 Å². The number of nitrogens with one attached hydrogen (secondary N) is 1. The van der Waals surface area contributed by atoms with Crippen molar-refractivity contribution in [3.8, 4) is 5.75 Å². The van der Waals surface area contributed by atoms with Crippen molar-refractivity contribution in [3.63, 3.8) is 0 Å². The Hall–Kier alpha value is -1.52. The zero-order valence-electron chi connectivity index (χ0n) is 11.5. The second-order valence-electron chi connectivity index (χ2n) is 5.89. The van der Waals surface area contributed by atoms with Gasteiger partial charge in [-0.1, -0.05) is 20.8 Å². The van der Waals surface area contributed by atoms with E-state index in [9.17, 15) is 4.79 Å². The molecule has 1 saturated heterocycles. The van der Waals surface area contributed by atoms with Crippen molar-refractivity contribution in [2.75, 3.05) is 25.1 Å². The molecule has 5 heteroatoms. The molecule has 18 heavy (non-hydrogen) atoms. The standard InChI is InChI=1S/C13H21N3O2/c1-13(2,3)9-5-6-16(7-9)11-10(18-4)12(17)15-8-14-11/h8-9H,5-7H2,1-4H3,(H,14,15,17). The molecule has 0 radical (unpaired) electrons. The molecule has 1 fully saturated rings. The molecule has 1 atom stereocenters. The summed E-state index contributed by atoms with van der Waals surface area (Å²) in [5.41, 5.74) is 0.0603. The molecule has 5 nitrogen and oxygen atoms in total. The van der Waals surface area contributed by atoms with Gasteiger partial charge in [0, 0.05) is 13.1 Å². The quantitative estimate of drug-likeness (QED) is 0.868. The zero-order chi connectivity index (χ0) is 13.3. The third-order valence-electron chi connectivity index (χ3n) is 3.71. The highest BCUT2D eigenvalue weighted by molar-refractivity contribution is 5.51. The van der Waals surface area contributed by atoms with Crippen LogP contribution >= 0.6 is 0 Å². The first-order chi connectivity index (χ1) is 8.43. The Kier molecular flexibility index (Phi) is 3.32. The highest BCUT2D eigenvalue weighted by atomic mass is 16.5. The van der Waals surface area contributed by atoms with Gasteiger partial charge in [-0.15, -0.1) is 0 Å². The Labute approximate surface area is 107 Å². The summed E-state index contributed by atoms with van der Waals surface area (Å²) in [4.78, 5) is 20.6. The van der Waals surface area contributed by atoms with E-state index in [0.717, 1.165) is 19.5 Å². The summed E-state index contributed by atoms with van der Waals surface area (Å²) in [6, 6.07) is 0. The third-order valence-corrected chi connectivity index (χ3v) is 3.71. The Balaban J connectivity index is 2.25. The summed E-state index contributed by atoms with van der Waals surface area (Å²) in [6.45, 7) is 8.61. The van der Waals surface area contributed by atoms with Gasteiger partial charge in [0.15, 0.2) is 5.82 Å². The third kappa shape index (κ3) is 2.35. The number of aromatic nitrogens is 2. The van der Waals surface area contributed by atoms with Crippen LogP contribution in [0.25, 0.3) is 0 Å². The van der Waals surface area contributed by atoms with Crippen molar-refractivity contribution in [2.24, 2.45) is 11.3 Å². The number of ether oxygens (including phenoxy) is 1. The normalized spacial score (nSPS) is 20.2. The number of H-pyrrole nitrogens is 1. The Bertz CT molecular complexity index is 476. The van der Waals surface area contributed by atoms with Gasteiger partial charge in [-0.25, -0.2) is 4.98 Å². The highest BCUT2D eigenvalue weighted by Gasteiger charge is 2.33. The minimum Gasteiger partial charge on any atom is -0.489 e. The van der Waals surface area contributed by atoms with E-state index >= 15 is 0 Å². The van der Waals surface area contributed by atoms with Crippen molar-refractivity contribution in [3.05, 3.63) is 16.7 Å². The van der Waals surface area contributed by atoms with Crippen LogP contribution in [0.2, 0.25) is 0 Å². The molecule has 1 aromatic heterocycles. The first-order valence-electron chi connectivity index (χ1n) is 6.30. The molecule has 1 N–H and O–H groups in total. The number of nitrogens with zero attached hydrogens (tertiary/aromatic N) is 2. The van der Waals surface area contributed by atoms with Gasteiger partial charge in [0.05, 0.1) is 13.4 Å². The maximum atomic E-state index is 11.7. The van der Waals surface area contributed by atoms with Crippen LogP contribution in [0.1, 0.15) is 27.2 Å². The minimum absolute atomic E-state index is 0.221. The van der Waals surface area contributed by atoms with E-state index in [1.165, 1.54) is 13.4 Å². The molecule has 2 heterocycles. The number of rotatable bonds is 2. The molecule has 1 aliphatic heterocycles. The van der Waals surface area contributed by atoms with Gasteiger partial charge >= 0.3 is 0 Å². The smallest absolute Gasteiger partial charge is 0.295 e. The van der Waals surface area contributed by atoms with Crippen molar-refractivity contribution in [1.82, 2.24) is 9.97 Å². The molecule has 0 aromatic carbocycles. The van der Waals surface area contributed by atoms with Gasteiger partial charge < -0.3 is 14.6 Å². The molecule has 0 saturated carbocycles. The maximum Gasteiger partial charge on any atom is 0.295 e. The number of hydrogen-bond acceptors (Lipinski definition) is 4. The van der Waals surface area contributed by atoms with Crippen LogP contribution in [0.4, 0.5) is 5.82 Å². The van der Waals surface area contributed by atoms with E-state index in [1.807, 2.05) is 0 Å². The molecule has 0 bridgehead atoms. The lowest BCUT2D eigenvalue weighted by molar-refractivity contribution is 0.263. The zero-order valence-corrected chi connectivity index (χ0v) is 11.5. The Morgan fingerprint density at radius 1 is 1.50 bits per heavy atom. The van der Waals surface area contributed by atoms with E-state index in [-0.39, 0.29) is 11.0 Å². The molecule has 100 valence electrons. The van der Waals surface area contributed by atoms with E-state index in [0.29, 0.717) is 17.5 Å². The average Bonchev–Trinajstić information content (AvgIpc) is 2.77. The molecule has 1 unspecified atom stereocenters. The number of anilines is 1. The van der Waals surface area contributed by atoms with E-state index in [4.69, 9.17) is 4.74 Å². The second-order valence-corrected chi connectivity index (χ2v) is 5.89. The van der Waals surface area contributed by atoms with E-state index in [2.05, 4.69) is 35.6 Å². The van der Waals surface area contributed by atoms with E-state index in [1.54, 1.807) is 0 Å². The molecule has 0 aliphatic carbocycles. The van der Waals surface area contributed by atoms with Crippen molar-refractivity contribution in [1.29, 1.82) is 0 Å². The first-order valence-corrected chi connectivity index (χ1v) is 6.30. The number of aromatic amines is 1. The van der Waals surface area contributed by atoms with Crippen LogP contribution in [0.3, 0.4) is 0 Å². The van der Waals surface area contributed by atoms with E-state index < -0.39 is 0 Å². The number of methoxy groups -OCH3 is 1. The van der Waals surface area contributed by atoms with Crippen LogP contribution in [-0.4, -0.2) is 30.2 Å². The topological polar surface area (TPSA) is 58.2 Å². The largest absolute Gasteiger partial charge is 0.489 e. The predicted octanol–water partition coefficient (Wildman–Crippen LogP) is 1.65. The molecule has 1 aliphatic rings. The second kappa shape index (κ2) is 4.63. The summed E-state index contributed by atoms with van der Waals surface area (Å²) in [7, 11) is 1.51. The SMILES string of the molecule is COc1c(N2CCC(C(C)(C)C)C2)nc[nH]c1=O. The lowest BCUT2D eigenvalue weighted by atomic mass is 9.80. The summed E-state index contributed by atoms with van der Waals surface area (Å²) in [5.74, 6) is 1.59. The van der Waals surface area contributed by atoms with Gasteiger partial charge in [-0.05, 0) is 17.8 Å². The number of hydrogen-bond donors (Lipinski definition) is 1. The lowest BCUT2D eigenvalue weighted by Gasteiger charge is -2.27. The molecular formula is C13H21N3O2. The monoisotopic (exact) mass is 251 g/mol. The van der Waals surface area contributed by atoms with Crippen LogP contribution in [-0.2, 0) is 0 Å². The van der Waals surface area contributed by atoms with Gasteiger partial charge in [0.25, 0.3) is 5.56 Å². The predicted molar refractivity (Wildman–Crippen MR) is 71.2 cm³/mol. The minimum atomic E-state index is -0.221. The van der Waals surface area contributed by atoms with Gasteiger partial charge in [0.2, 0.25) is 5.75 Å². The van der Waals surface area contributed by atoms with Crippen LogP contribution in [0.15, 0.2) is 11.1 Å². The average molecular weight is 251 g/mol. The summed E-state index contributed by atoms with van der Waals surface area (Å²) in [5, 5.41) is 0. The maximum absolute atomic E-state index is 11.7. The fourth-order valence-electron chi connectivity index (χ4n) is 2.45. The molecule has 2 rings (SSSR count). The van der Waals surface area contributed by atoms with Crippen molar-refractivity contribution in [2.45, 2.75) is 27.2 Å². The summed E-state index contributed by atoms with van der Waals surface area (Å²) >= 11 is 0. The van der Waals surface area contributed by atoms with Gasteiger partial charge in [-0.2, -0.15) is 0 Å². The van der Waals surface area contributed by atoms with Crippen LogP contribution in [0, 0.1) is 11.3 Å². The van der Waals surface area contributed by atoms with Gasteiger partial charge in [0.1, 0.15) is 0 Å². The van der Waals surface area contributed by atoms with Crippen LogP contribution < -0.4 is 15.2 Å². The lowest BCUT2D eigenvalue weighted by Crippen LogP contribution is -2.28. The van der Waals surface area contributed by atoms with Crippen molar-refractivity contribution < 1.29 is 4.74 Å². The first kappa shape index (κ1) is 12.9. The molecular weight excluding hydrogens is 230 g/mol. The fraction of sp³-hybridized carbons (Fsp3) is 0.692. The highest BCUT2D eigenvalue weighted by Crippen LogP contribution is 2.36. The molecule has 0 spiro atoms.